The van der Waals surface area contributed by atoms with Crippen molar-refractivity contribution in [2.75, 3.05) is 14.2 Å². The quantitative estimate of drug-likeness (QED) is 0.711. The lowest BCUT2D eigenvalue weighted by Crippen LogP contribution is -1.97. The van der Waals surface area contributed by atoms with Crippen LogP contribution in [-0.4, -0.2) is 37.2 Å². The van der Waals surface area contributed by atoms with Crippen LogP contribution in [0, 0.1) is 0 Å². The molecule has 0 saturated heterocycles. The summed E-state index contributed by atoms with van der Waals surface area (Å²) in [6.45, 7) is 0. The summed E-state index contributed by atoms with van der Waals surface area (Å²) in [5.74, 6) is 1.75. The zero-order valence-corrected chi connectivity index (χ0v) is 13.2. The van der Waals surface area contributed by atoms with Crippen LogP contribution in [0.1, 0.15) is 0 Å². The first kappa shape index (κ1) is 15.3. The van der Waals surface area contributed by atoms with Crippen molar-refractivity contribution < 1.29 is 22.4 Å². The number of aromatic nitrogens is 2. The monoisotopic (exact) mass is 334 g/mol. The molecule has 7 nitrogen and oxygen atoms in total. The van der Waals surface area contributed by atoms with Gasteiger partial charge in [-0.2, -0.15) is 8.42 Å². The lowest BCUT2D eigenvalue weighted by molar-refractivity contribution is 0.394. The van der Waals surface area contributed by atoms with E-state index in [1.165, 1.54) is 18.2 Å². The number of nitrogens with one attached hydrogen (secondary N) is 1. The number of rotatable bonds is 4. The second kappa shape index (κ2) is 5.56. The van der Waals surface area contributed by atoms with Gasteiger partial charge < -0.3 is 14.5 Å². The molecule has 1 aromatic heterocycles. The van der Waals surface area contributed by atoms with Crippen LogP contribution in [0.25, 0.3) is 22.4 Å². The predicted molar refractivity (Wildman–Crippen MR) is 84.4 cm³/mol. The number of methoxy groups -OCH3 is 2. The van der Waals surface area contributed by atoms with E-state index in [0.717, 1.165) is 5.56 Å². The molecule has 0 unspecified atom stereocenters. The fourth-order valence-corrected chi connectivity index (χ4v) is 2.74. The molecule has 3 aromatic rings. The van der Waals surface area contributed by atoms with E-state index in [-0.39, 0.29) is 4.90 Å². The van der Waals surface area contributed by atoms with Gasteiger partial charge in [0.2, 0.25) is 0 Å². The minimum absolute atomic E-state index is 0.191. The van der Waals surface area contributed by atoms with E-state index in [4.69, 9.17) is 14.0 Å². The van der Waals surface area contributed by atoms with Crippen LogP contribution < -0.4 is 9.47 Å². The Balaban J connectivity index is 2.14. The van der Waals surface area contributed by atoms with Crippen LogP contribution in [0.4, 0.5) is 0 Å². The molecule has 0 aliphatic heterocycles. The summed E-state index contributed by atoms with van der Waals surface area (Å²) in [6, 6.07) is 9.46. The van der Waals surface area contributed by atoms with Crippen molar-refractivity contribution in [2.24, 2.45) is 0 Å². The third-order valence-corrected chi connectivity index (χ3v) is 4.23. The standard InChI is InChI=1S/C15H14N2O5S/c1-21-10-5-9(6-11(7-10)22-2)15-16-13-4-3-12(23(18,19)20)8-14(13)17-15/h3-8H,1-2H3,(H,16,17)(H,18,19,20). The van der Waals surface area contributed by atoms with Crippen LogP contribution in [-0.2, 0) is 10.1 Å². The minimum Gasteiger partial charge on any atom is -0.497 e. The highest BCUT2D eigenvalue weighted by Crippen LogP contribution is 2.29. The Morgan fingerprint density at radius 3 is 2.26 bits per heavy atom. The maximum atomic E-state index is 11.2. The Kier molecular flexibility index (Phi) is 3.70. The Morgan fingerprint density at radius 1 is 1.04 bits per heavy atom. The SMILES string of the molecule is COc1cc(OC)cc(-c2nc3ccc(S(=O)(=O)O)cc3[nH]2)c1. The van der Waals surface area contributed by atoms with Crippen LogP contribution in [0.2, 0.25) is 0 Å². The van der Waals surface area contributed by atoms with Crippen LogP contribution in [0.5, 0.6) is 11.5 Å². The first-order chi connectivity index (χ1) is 10.9. The van der Waals surface area contributed by atoms with Crippen molar-refractivity contribution in [1.29, 1.82) is 0 Å². The molecule has 0 spiro atoms. The van der Waals surface area contributed by atoms with Gasteiger partial charge in [0, 0.05) is 11.6 Å². The van der Waals surface area contributed by atoms with Gasteiger partial charge in [0.05, 0.1) is 30.1 Å². The zero-order valence-electron chi connectivity index (χ0n) is 12.4. The lowest BCUT2D eigenvalue weighted by atomic mass is 10.2. The number of imidazole rings is 1. The van der Waals surface area contributed by atoms with Gasteiger partial charge in [-0.1, -0.05) is 0 Å². The van der Waals surface area contributed by atoms with E-state index < -0.39 is 10.1 Å². The molecule has 8 heteroatoms. The van der Waals surface area contributed by atoms with Crippen LogP contribution in [0.15, 0.2) is 41.3 Å². The van der Waals surface area contributed by atoms with Gasteiger partial charge in [-0.15, -0.1) is 0 Å². The van der Waals surface area contributed by atoms with E-state index in [0.29, 0.717) is 28.4 Å². The molecule has 0 fully saturated rings. The van der Waals surface area contributed by atoms with E-state index in [2.05, 4.69) is 9.97 Å². The number of H-pyrrole nitrogens is 1. The lowest BCUT2D eigenvalue weighted by Gasteiger charge is -2.06. The van der Waals surface area contributed by atoms with Gasteiger partial charge in [0.25, 0.3) is 10.1 Å². The number of nitrogens with zero attached hydrogens (tertiary/aromatic N) is 1. The second-order valence-corrected chi connectivity index (χ2v) is 6.26. The molecular weight excluding hydrogens is 320 g/mol. The predicted octanol–water partition coefficient (Wildman–Crippen LogP) is 2.49. The summed E-state index contributed by atoms with van der Waals surface area (Å²) in [5, 5.41) is 0. The Labute approximate surface area is 132 Å². The molecule has 0 aliphatic carbocycles. The zero-order chi connectivity index (χ0) is 16.6. The number of ether oxygens (including phenoxy) is 2. The highest BCUT2D eigenvalue weighted by Gasteiger charge is 2.13. The average molecular weight is 334 g/mol. The molecule has 0 saturated carbocycles. The number of benzene rings is 2. The smallest absolute Gasteiger partial charge is 0.294 e. The van der Waals surface area contributed by atoms with Crippen molar-refractivity contribution in [1.82, 2.24) is 9.97 Å². The maximum absolute atomic E-state index is 11.2. The first-order valence-electron chi connectivity index (χ1n) is 6.61. The van der Waals surface area contributed by atoms with Gasteiger partial charge in [0.15, 0.2) is 0 Å². The topological polar surface area (TPSA) is 102 Å². The third kappa shape index (κ3) is 2.99. The molecule has 2 N–H and O–H groups in total. The van der Waals surface area contributed by atoms with E-state index in [1.807, 2.05) is 0 Å². The Bertz CT molecular complexity index is 956. The van der Waals surface area contributed by atoms with Gasteiger partial charge >= 0.3 is 0 Å². The summed E-state index contributed by atoms with van der Waals surface area (Å²) in [5.41, 5.74) is 1.80. The molecule has 2 aromatic carbocycles. The molecule has 0 bridgehead atoms. The number of fused-ring (bicyclic) bond motifs is 1. The van der Waals surface area contributed by atoms with Gasteiger partial charge in [-0.25, -0.2) is 4.98 Å². The summed E-state index contributed by atoms with van der Waals surface area (Å²) < 4.78 is 42.0. The van der Waals surface area contributed by atoms with Crippen molar-refractivity contribution in [3.8, 4) is 22.9 Å². The molecule has 0 atom stereocenters. The summed E-state index contributed by atoms with van der Waals surface area (Å²) in [6.07, 6.45) is 0. The normalized spacial score (nSPS) is 11.6. The van der Waals surface area contributed by atoms with Crippen molar-refractivity contribution in [3.05, 3.63) is 36.4 Å². The summed E-state index contributed by atoms with van der Waals surface area (Å²) in [7, 11) is -1.16. The van der Waals surface area contributed by atoms with Crippen LogP contribution >= 0.6 is 0 Å². The first-order valence-corrected chi connectivity index (χ1v) is 8.05. The maximum Gasteiger partial charge on any atom is 0.294 e. The molecule has 23 heavy (non-hydrogen) atoms. The van der Waals surface area contributed by atoms with Crippen molar-refractivity contribution >= 4 is 21.2 Å². The largest absolute Gasteiger partial charge is 0.497 e. The van der Waals surface area contributed by atoms with E-state index >= 15 is 0 Å². The number of aromatic amines is 1. The molecular formula is C15H14N2O5S. The molecule has 0 amide bonds. The highest BCUT2D eigenvalue weighted by molar-refractivity contribution is 7.85. The summed E-state index contributed by atoms with van der Waals surface area (Å²) >= 11 is 0. The van der Waals surface area contributed by atoms with Crippen molar-refractivity contribution in [3.63, 3.8) is 0 Å². The van der Waals surface area contributed by atoms with Gasteiger partial charge in [-0.3, -0.25) is 4.55 Å². The number of hydrogen-bond acceptors (Lipinski definition) is 5. The van der Waals surface area contributed by atoms with E-state index in [9.17, 15) is 8.42 Å². The number of hydrogen-bond donors (Lipinski definition) is 2. The molecule has 120 valence electrons. The Hall–Kier alpha value is -2.58. The minimum atomic E-state index is -4.26. The van der Waals surface area contributed by atoms with Gasteiger partial charge in [-0.05, 0) is 30.3 Å². The van der Waals surface area contributed by atoms with Crippen molar-refractivity contribution in [2.45, 2.75) is 4.90 Å². The fraction of sp³-hybridized carbons (Fsp3) is 0.133. The fourth-order valence-electron chi connectivity index (χ4n) is 2.23. The molecule has 1 heterocycles. The Morgan fingerprint density at radius 2 is 1.70 bits per heavy atom. The third-order valence-electron chi connectivity index (χ3n) is 3.38. The molecule has 3 rings (SSSR count). The summed E-state index contributed by atoms with van der Waals surface area (Å²) in [4.78, 5) is 7.25. The average Bonchev–Trinajstić information content (AvgIpc) is 2.96. The van der Waals surface area contributed by atoms with Gasteiger partial charge in [0.1, 0.15) is 17.3 Å². The highest BCUT2D eigenvalue weighted by atomic mass is 32.2. The second-order valence-electron chi connectivity index (χ2n) is 4.84. The van der Waals surface area contributed by atoms with Crippen LogP contribution in [0.3, 0.4) is 0 Å². The molecule has 0 radical (unpaired) electrons. The van der Waals surface area contributed by atoms with E-state index in [1.54, 1.807) is 32.4 Å². The molecule has 0 aliphatic rings.